The maximum absolute atomic E-state index is 14.1. The number of halogens is 2. The van der Waals surface area contributed by atoms with E-state index in [0.717, 1.165) is 22.8 Å². The van der Waals surface area contributed by atoms with Gasteiger partial charge >= 0.3 is 0 Å². The van der Waals surface area contributed by atoms with E-state index in [0.29, 0.717) is 5.56 Å². The van der Waals surface area contributed by atoms with Gasteiger partial charge in [0.05, 0.1) is 11.0 Å². The average Bonchev–Trinajstić information content (AvgIpc) is 3.05. The van der Waals surface area contributed by atoms with Crippen molar-refractivity contribution in [2.45, 2.75) is 0 Å². The Balaban J connectivity index is 1.71. The molecule has 0 radical (unpaired) electrons. The zero-order chi connectivity index (χ0) is 18.4. The van der Waals surface area contributed by atoms with Crippen molar-refractivity contribution in [1.82, 2.24) is 4.57 Å². The summed E-state index contributed by atoms with van der Waals surface area (Å²) in [6.45, 7) is 0. The van der Waals surface area contributed by atoms with Crippen molar-refractivity contribution in [1.29, 1.82) is 0 Å². The summed E-state index contributed by atoms with van der Waals surface area (Å²) in [6.07, 6.45) is 0. The Morgan fingerprint density at radius 2 is 1.15 bits per heavy atom. The maximum atomic E-state index is 14.1. The molecule has 1 nitrogen and oxygen atoms in total. The van der Waals surface area contributed by atoms with Crippen LogP contribution in [-0.4, -0.2) is 4.57 Å². The Hall–Kier alpha value is -3.46. The highest BCUT2D eigenvalue weighted by Crippen LogP contribution is 2.32. The molecule has 5 rings (SSSR count). The maximum Gasteiger partial charge on any atom is 0.166 e. The number of para-hydroxylation sites is 2. The molecule has 0 amide bonds. The van der Waals surface area contributed by atoms with Gasteiger partial charge in [-0.1, -0.05) is 60.7 Å². The summed E-state index contributed by atoms with van der Waals surface area (Å²) in [5.41, 5.74) is 4.13. The summed E-state index contributed by atoms with van der Waals surface area (Å²) in [6, 6.07) is 28.3. The van der Waals surface area contributed by atoms with Crippen LogP contribution in [0.4, 0.5) is 8.78 Å². The lowest BCUT2D eigenvalue weighted by atomic mass is 10.0. The second-order valence-corrected chi connectivity index (χ2v) is 6.52. The Morgan fingerprint density at radius 1 is 0.556 bits per heavy atom. The van der Waals surface area contributed by atoms with Gasteiger partial charge in [-0.05, 0) is 35.9 Å². The first kappa shape index (κ1) is 15.8. The summed E-state index contributed by atoms with van der Waals surface area (Å²) in [4.78, 5) is 0. The van der Waals surface area contributed by atoms with Crippen molar-refractivity contribution >= 4 is 21.8 Å². The largest absolute Gasteiger partial charge is 0.309 e. The Kier molecular flexibility index (Phi) is 3.54. The molecule has 1 aromatic heterocycles. The van der Waals surface area contributed by atoms with E-state index in [1.54, 1.807) is 6.07 Å². The average molecular weight is 355 g/mol. The van der Waals surface area contributed by atoms with Gasteiger partial charge in [0, 0.05) is 22.0 Å². The topological polar surface area (TPSA) is 4.93 Å². The molecule has 0 saturated carbocycles. The standard InChI is InChI=1S/C24H15F2N/c25-21-9-5-8-18(24(21)26)16-12-14-17(15-13-16)27-22-10-3-1-6-19(22)20-7-2-4-11-23(20)27/h1-15H. The van der Waals surface area contributed by atoms with Gasteiger partial charge in [0.15, 0.2) is 11.6 Å². The number of fused-ring (bicyclic) bond motifs is 3. The fraction of sp³-hybridized carbons (Fsp3) is 0. The first-order valence-electron chi connectivity index (χ1n) is 8.77. The Bertz CT molecular complexity index is 1230. The first-order chi connectivity index (χ1) is 13.2. The number of rotatable bonds is 2. The van der Waals surface area contributed by atoms with E-state index in [4.69, 9.17) is 0 Å². The second kappa shape index (κ2) is 6.06. The van der Waals surface area contributed by atoms with Crippen molar-refractivity contribution in [3.05, 3.63) is 103 Å². The van der Waals surface area contributed by atoms with Gasteiger partial charge in [-0.2, -0.15) is 0 Å². The van der Waals surface area contributed by atoms with Gasteiger partial charge in [0.25, 0.3) is 0 Å². The zero-order valence-electron chi connectivity index (χ0n) is 14.4. The van der Waals surface area contributed by atoms with Crippen molar-refractivity contribution in [3.63, 3.8) is 0 Å². The minimum absolute atomic E-state index is 0.267. The highest BCUT2D eigenvalue weighted by Gasteiger charge is 2.13. The summed E-state index contributed by atoms with van der Waals surface area (Å²) in [7, 11) is 0. The third-order valence-corrected chi connectivity index (χ3v) is 4.97. The third-order valence-electron chi connectivity index (χ3n) is 4.97. The number of nitrogens with zero attached hydrogens (tertiary/aromatic N) is 1. The predicted octanol–water partition coefficient (Wildman–Crippen LogP) is 6.73. The molecule has 0 atom stereocenters. The van der Waals surface area contributed by atoms with Gasteiger partial charge in [0.1, 0.15) is 0 Å². The van der Waals surface area contributed by atoms with Crippen LogP contribution in [0.1, 0.15) is 0 Å². The van der Waals surface area contributed by atoms with Crippen LogP contribution in [0.15, 0.2) is 91.0 Å². The molecule has 0 spiro atoms. The van der Waals surface area contributed by atoms with E-state index in [-0.39, 0.29) is 5.56 Å². The van der Waals surface area contributed by atoms with Crippen LogP contribution in [0, 0.1) is 11.6 Å². The monoisotopic (exact) mass is 355 g/mol. The van der Waals surface area contributed by atoms with Crippen molar-refractivity contribution in [2.75, 3.05) is 0 Å². The predicted molar refractivity (Wildman–Crippen MR) is 106 cm³/mol. The molecule has 0 unspecified atom stereocenters. The summed E-state index contributed by atoms with van der Waals surface area (Å²) >= 11 is 0. The van der Waals surface area contributed by atoms with E-state index < -0.39 is 11.6 Å². The molecule has 0 aliphatic carbocycles. The smallest absolute Gasteiger partial charge is 0.166 e. The van der Waals surface area contributed by atoms with Crippen LogP contribution >= 0.6 is 0 Å². The van der Waals surface area contributed by atoms with E-state index in [1.807, 2.05) is 48.5 Å². The molecule has 0 aliphatic rings. The molecule has 5 aromatic rings. The molecule has 0 N–H and O–H groups in total. The normalized spacial score (nSPS) is 11.3. The Labute approximate surface area is 155 Å². The molecule has 0 aliphatic heterocycles. The van der Waals surface area contributed by atoms with Crippen LogP contribution in [0.25, 0.3) is 38.6 Å². The summed E-state index contributed by atoms with van der Waals surface area (Å²) in [5, 5.41) is 2.38. The van der Waals surface area contributed by atoms with E-state index >= 15 is 0 Å². The minimum Gasteiger partial charge on any atom is -0.309 e. The van der Waals surface area contributed by atoms with Gasteiger partial charge < -0.3 is 4.57 Å². The van der Waals surface area contributed by atoms with Crippen molar-refractivity contribution < 1.29 is 8.78 Å². The number of benzene rings is 4. The summed E-state index contributed by atoms with van der Waals surface area (Å²) < 4.78 is 29.8. The van der Waals surface area contributed by atoms with E-state index in [2.05, 4.69) is 28.8 Å². The quantitative estimate of drug-likeness (QED) is 0.331. The lowest BCUT2D eigenvalue weighted by Crippen LogP contribution is -1.94. The molecular formula is C24H15F2N. The van der Waals surface area contributed by atoms with Crippen LogP contribution in [-0.2, 0) is 0 Å². The Morgan fingerprint density at radius 3 is 1.78 bits per heavy atom. The van der Waals surface area contributed by atoms with Gasteiger partial charge in [-0.3, -0.25) is 0 Å². The molecule has 0 fully saturated rings. The molecule has 4 aromatic carbocycles. The SMILES string of the molecule is Fc1cccc(-c2ccc(-n3c4ccccc4c4ccccc43)cc2)c1F. The van der Waals surface area contributed by atoms with Crippen LogP contribution in [0.3, 0.4) is 0 Å². The van der Waals surface area contributed by atoms with E-state index in [9.17, 15) is 8.78 Å². The van der Waals surface area contributed by atoms with Crippen molar-refractivity contribution in [2.24, 2.45) is 0 Å². The molecule has 3 heteroatoms. The first-order valence-corrected chi connectivity index (χ1v) is 8.77. The molecule has 130 valence electrons. The van der Waals surface area contributed by atoms with Crippen LogP contribution in [0.2, 0.25) is 0 Å². The highest BCUT2D eigenvalue weighted by molar-refractivity contribution is 6.09. The lowest BCUT2D eigenvalue weighted by molar-refractivity contribution is 0.511. The number of hydrogen-bond donors (Lipinski definition) is 0. The number of aromatic nitrogens is 1. The second-order valence-electron chi connectivity index (χ2n) is 6.52. The minimum atomic E-state index is -0.834. The molecule has 0 saturated heterocycles. The van der Waals surface area contributed by atoms with Gasteiger partial charge in [0.2, 0.25) is 0 Å². The zero-order valence-corrected chi connectivity index (χ0v) is 14.4. The van der Waals surface area contributed by atoms with Crippen LogP contribution < -0.4 is 0 Å². The summed E-state index contributed by atoms with van der Waals surface area (Å²) in [5.74, 6) is -1.65. The van der Waals surface area contributed by atoms with E-state index in [1.165, 1.54) is 16.8 Å². The molecule has 27 heavy (non-hydrogen) atoms. The van der Waals surface area contributed by atoms with Crippen molar-refractivity contribution in [3.8, 4) is 16.8 Å². The fourth-order valence-electron chi connectivity index (χ4n) is 3.72. The van der Waals surface area contributed by atoms with Gasteiger partial charge in [-0.15, -0.1) is 0 Å². The fourth-order valence-corrected chi connectivity index (χ4v) is 3.72. The third kappa shape index (κ3) is 2.43. The van der Waals surface area contributed by atoms with Crippen LogP contribution in [0.5, 0.6) is 0 Å². The number of hydrogen-bond acceptors (Lipinski definition) is 0. The van der Waals surface area contributed by atoms with Gasteiger partial charge in [-0.25, -0.2) is 8.78 Å². The molecule has 1 heterocycles. The highest BCUT2D eigenvalue weighted by atomic mass is 19.2. The molecular weight excluding hydrogens is 340 g/mol. The lowest BCUT2D eigenvalue weighted by Gasteiger charge is -2.10. The molecule has 0 bridgehead atoms.